The molecule has 0 fully saturated rings. The summed E-state index contributed by atoms with van der Waals surface area (Å²) in [5.41, 5.74) is 3.41. The first kappa shape index (κ1) is 22.1. The molecule has 0 saturated carbocycles. The average Bonchev–Trinajstić information content (AvgIpc) is 3.21. The van der Waals surface area contributed by atoms with E-state index in [-0.39, 0.29) is 20.5 Å². The fraction of sp³-hybridized carbons (Fsp3) is 0.0909. The van der Waals surface area contributed by atoms with E-state index < -0.39 is 15.9 Å². The fourth-order valence-corrected chi connectivity index (χ4v) is 4.90. The maximum Gasteiger partial charge on any atom is 0.265 e. The molecule has 0 bridgehead atoms. The van der Waals surface area contributed by atoms with E-state index >= 15 is 0 Å². The predicted octanol–water partition coefficient (Wildman–Crippen LogP) is 4.49. The first-order chi connectivity index (χ1) is 15.3. The molecule has 4 rings (SSSR count). The van der Waals surface area contributed by atoms with Crippen LogP contribution in [-0.4, -0.2) is 27.1 Å². The number of fused-ring (bicyclic) bond motifs is 1. The van der Waals surface area contributed by atoms with Crippen molar-refractivity contribution in [1.29, 1.82) is 0 Å². The number of nitrogens with zero attached hydrogens (tertiary/aromatic N) is 1. The smallest absolute Gasteiger partial charge is 0.265 e. The molecule has 1 amide bonds. The van der Waals surface area contributed by atoms with Crippen LogP contribution in [0.1, 0.15) is 21.5 Å². The maximum absolute atomic E-state index is 12.5. The van der Waals surface area contributed by atoms with Crippen molar-refractivity contribution in [3.05, 3.63) is 87.4 Å². The van der Waals surface area contributed by atoms with Crippen molar-refractivity contribution < 1.29 is 18.0 Å². The Morgan fingerprint density at radius 3 is 2.59 bits per heavy atom. The van der Waals surface area contributed by atoms with E-state index in [0.717, 1.165) is 24.2 Å². The molecule has 1 aliphatic heterocycles. The Balaban J connectivity index is 1.39. The lowest BCUT2D eigenvalue weighted by Crippen LogP contribution is -2.30. The summed E-state index contributed by atoms with van der Waals surface area (Å²) >= 11 is 11.7. The van der Waals surface area contributed by atoms with Gasteiger partial charge >= 0.3 is 0 Å². The SMILES string of the molecule is O=C(NS(=O)(=O)c1ccc(Cl)cc1Cl)c1ccc(O/N=C/c2ccc3c(c2)CCN3)cc1. The highest BCUT2D eigenvalue weighted by Crippen LogP contribution is 2.25. The van der Waals surface area contributed by atoms with E-state index in [2.05, 4.69) is 10.5 Å². The van der Waals surface area contributed by atoms with Crippen LogP contribution >= 0.6 is 23.2 Å². The second kappa shape index (κ2) is 9.20. The van der Waals surface area contributed by atoms with Gasteiger partial charge in [0.1, 0.15) is 4.90 Å². The molecule has 10 heteroatoms. The Labute approximate surface area is 195 Å². The van der Waals surface area contributed by atoms with Gasteiger partial charge in [-0.1, -0.05) is 34.4 Å². The van der Waals surface area contributed by atoms with Gasteiger partial charge in [0.25, 0.3) is 15.9 Å². The summed E-state index contributed by atoms with van der Waals surface area (Å²) in [4.78, 5) is 17.5. The Kier molecular flexibility index (Phi) is 6.36. The molecule has 2 N–H and O–H groups in total. The van der Waals surface area contributed by atoms with Crippen LogP contribution in [0.4, 0.5) is 5.69 Å². The Bertz CT molecular complexity index is 1310. The zero-order chi connectivity index (χ0) is 22.7. The third kappa shape index (κ3) is 5.04. The predicted molar refractivity (Wildman–Crippen MR) is 124 cm³/mol. The number of hydrogen-bond acceptors (Lipinski definition) is 6. The number of sulfonamides is 1. The molecule has 0 aromatic heterocycles. The largest absolute Gasteiger partial charge is 0.384 e. The summed E-state index contributed by atoms with van der Waals surface area (Å²) < 4.78 is 26.9. The van der Waals surface area contributed by atoms with Crippen LogP contribution < -0.4 is 14.9 Å². The molecule has 0 spiro atoms. The highest BCUT2D eigenvalue weighted by Gasteiger charge is 2.21. The summed E-state index contributed by atoms with van der Waals surface area (Å²) in [5, 5.41) is 7.45. The van der Waals surface area contributed by atoms with Gasteiger partial charge in [-0.25, -0.2) is 13.1 Å². The number of carbonyl (C=O) groups is 1. The normalized spacial score (nSPS) is 12.9. The minimum atomic E-state index is -4.16. The molecule has 1 heterocycles. The summed E-state index contributed by atoms with van der Waals surface area (Å²) in [6.45, 7) is 0.931. The van der Waals surface area contributed by atoms with E-state index in [9.17, 15) is 13.2 Å². The number of amides is 1. The van der Waals surface area contributed by atoms with Gasteiger partial charge in [0.05, 0.1) is 11.2 Å². The van der Waals surface area contributed by atoms with Crippen LogP contribution in [0.15, 0.2) is 70.7 Å². The molecule has 0 aliphatic carbocycles. The molecule has 164 valence electrons. The van der Waals surface area contributed by atoms with Gasteiger partial charge < -0.3 is 10.2 Å². The van der Waals surface area contributed by atoms with Crippen LogP contribution in [0.3, 0.4) is 0 Å². The van der Waals surface area contributed by atoms with Crippen molar-refractivity contribution in [1.82, 2.24) is 4.72 Å². The lowest BCUT2D eigenvalue weighted by Gasteiger charge is -2.09. The van der Waals surface area contributed by atoms with Gasteiger partial charge in [-0.2, -0.15) is 0 Å². The number of halogens is 2. The van der Waals surface area contributed by atoms with Crippen LogP contribution in [0, 0.1) is 0 Å². The molecular formula is C22H17Cl2N3O4S. The van der Waals surface area contributed by atoms with E-state index in [0.29, 0.717) is 5.75 Å². The molecule has 1 aliphatic rings. The van der Waals surface area contributed by atoms with Crippen molar-refractivity contribution in [2.24, 2.45) is 5.16 Å². The number of rotatable bonds is 6. The molecule has 32 heavy (non-hydrogen) atoms. The highest BCUT2D eigenvalue weighted by molar-refractivity contribution is 7.90. The van der Waals surface area contributed by atoms with E-state index in [1.165, 1.54) is 48.0 Å². The van der Waals surface area contributed by atoms with Gasteiger partial charge in [-0.05, 0) is 72.1 Å². The zero-order valence-electron chi connectivity index (χ0n) is 16.5. The van der Waals surface area contributed by atoms with Crippen LogP contribution in [0.2, 0.25) is 10.0 Å². The number of anilines is 1. The summed E-state index contributed by atoms with van der Waals surface area (Å²) in [5.74, 6) is -0.415. The third-order valence-electron chi connectivity index (χ3n) is 4.73. The zero-order valence-corrected chi connectivity index (χ0v) is 18.8. The standard InChI is InChI=1S/C22H17Cl2N3O4S/c23-17-4-8-21(19(24)12-17)32(29,30)27-22(28)15-2-5-18(6-3-15)31-26-13-14-1-7-20-16(11-14)9-10-25-20/h1-8,11-13,25H,9-10H2,(H,27,28)/b26-13+. The molecule has 3 aromatic rings. The van der Waals surface area contributed by atoms with Gasteiger partial charge in [-0.15, -0.1) is 0 Å². The van der Waals surface area contributed by atoms with Crippen molar-refractivity contribution in [3.63, 3.8) is 0 Å². The Hall–Kier alpha value is -3.07. The van der Waals surface area contributed by atoms with E-state index in [1.807, 2.05) is 22.9 Å². The molecule has 0 radical (unpaired) electrons. The summed E-state index contributed by atoms with van der Waals surface area (Å²) in [7, 11) is -4.16. The lowest BCUT2D eigenvalue weighted by molar-refractivity contribution is 0.0981. The number of oxime groups is 1. The van der Waals surface area contributed by atoms with Crippen molar-refractivity contribution in [3.8, 4) is 5.75 Å². The van der Waals surface area contributed by atoms with Gasteiger partial charge in [0.2, 0.25) is 0 Å². The first-order valence-corrected chi connectivity index (χ1v) is 11.8. The fourth-order valence-electron chi connectivity index (χ4n) is 3.15. The maximum atomic E-state index is 12.5. The van der Waals surface area contributed by atoms with Gasteiger partial charge in [-0.3, -0.25) is 4.79 Å². The lowest BCUT2D eigenvalue weighted by atomic mass is 10.1. The van der Waals surface area contributed by atoms with E-state index in [4.69, 9.17) is 28.0 Å². The quantitative estimate of drug-likeness (QED) is 0.392. The number of nitrogens with one attached hydrogen (secondary N) is 2. The second-order valence-corrected chi connectivity index (χ2v) is 9.45. The minimum Gasteiger partial charge on any atom is -0.384 e. The molecule has 0 atom stereocenters. The summed E-state index contributed by atoms with van der Waals surface area (Å²) in [6, 6.07) is 15.8. The molecule has 7 nitrogen and oxygen atoms in total. The highest BCUT2D eigenvalue weighted by atomic mass is 35.5. The molecule has 0 saturated heterocycles. The van der Waals surface area contributed by atoms with Gasteiger partial charge in [0.15, 0.2) is 5.75 Å². The average molecular weight is 490 g/mol. The van der Waals surface area contributed by atoms with Crippen LogP contribution in [0.5, 0.6) is 5.75 Å². The number of carbonyl (C=O) groups excluding carboxylic acids is 1. The van der Waals surface area contributed by atoms with Gasteiger partial charge in [0, 0.05) is 22.8 Å². The van der Waals surface area contributed by atoms with Crippen molar-refractivity contribution in [2.75, 3.05) is 11.9 Å². The Morgan fingerprint density at radius 1 is 1.06 bits per heavy atom. The number of benzene rings is 3. The summed E-state index contributed by atoms with van der Waals surface area (Å²) in [6.07, 6.45) is 2.57. The van der Waals surface area contributed by atoms with E-state index in [1.54, 1.807) is 6.21 Å². The Morgan fingerprint density at radius 2 is 1.84 bits per heavy atom. The second-order valence-electron chi connectivity index (χ2n) is 6.95. The molecular weight excluding hydrogens is 473 g/mol. The van der Waals surface area contributed by atoms with Crippen LogP contribution in [0.25, 0.3) is 0 Å². The topological polar surface area (TPSA) is 96.9 Å². The minimum absolute atomic E-state index is 0.0842. The molecule has 0 unspecified atom stereocenters. The first-order valence-electron chi connectivity index (χ1n) is 9.51. The number of hydrogen-bond donors (Lipinski definition) is 2. The molecule has 3 aromatic carbocycles. The van der Waals surface area contributed by atoms with Crippen LogP contribution in [-0.2, 0) is 16.4 Å². The third-order valence-corrected chi connectivity index (χ3v) is 6.77. The monoisotopic (exact) mass is 489 g/mol. The van der Waals surface area contributed by atoms with Crippen molar-refractivity contribution >= 4 is 51.0 Å². The van der Waals surface area contributed by atoms with Crippen molar-refractivity contribution in [2.45, 2.75) is 11.3 Å².